The fraction of sp³-hybridized carbons (Fsp3) is 0.417. The first-order valence-corrected chi connectivity index (χ1v) is 6.45. The van der Waals surface area contributed by atoms with Gasteiger partial charge in [0.1, 0.15) is 0 Å². The number of rotatable bonds is 4. The van der Waals surface area contributed by atoms with Gasteiger partial charge in [-0.2, -0.15) is 0 Å². The highest BCUT2D eigenvalue weighted by Gasteiger charge is 2.24. The maximum atomic E-state index is 11.5. The molecule has 0 amide bonds. The monoisotopic (exact) mass is 320 g/mol. The van der Waals surface area contributed by atoms with Crippen molar-refractivity contribution in [2.75, 3.05) is 0 Å². The van der Waals surface area contributed by atoms with Crippen LogP contribution < -0.4 is 5.48 Å². The van der Waals surface area contributed by atoms with E-state index in [4.69, 9.17) is 28.0 Å². The smallest absolute Gasteiger partial charge is 0.329 e. The predicted molar refractivity (Wildman–Crippen MR) is 75.5 cm³/mol. The Bertz CT molecular complexity index is 541. The van der Waals surface area contributed by atoms with Gasteiger partial charge in [-0.05, 0) is 26.8 Å². The van der Waals surface area contributed by atoms with E-state index in [-0.39, 0.29) is 27.8 Å². The Morgan fingerprint density at radius 3 is 2.50 bits per heavy atom. The largest absolute Gasteiger partial charge is 0.370 e. The summed E-state index contributed by atoms with van der Waals surface area (Å²) in [6.45, 7) is 4.95. The number of nitrogens with one attached hydrogen (secondary N) is 1. The quantitative estimate of drug-likeness (QED) is 0.678. The number of hydrogen-bond acceptors (Lipinski definition) is 5. The van der Waals surface area contributed by atoms with Gasteiger partial charge in [-0.25, -0.2) is 4.79 Å². The molecule has 0 bridgehead atoms. The maximum Gasteiger partial charge on any atom is 0.329 e. The molecule has 0 heterocycles. The van der Waals surface area contributed by atoms with Gasteiger partial charge in [0.25, 0.3) is 5.69 Å². The van der Waals surface area contributed by atoms with E-state index in [1.165, 1.54) is 12.1 Å². The molecule has 0 saturated heterocycles. The molecule has 0 atom stereocenters. The van der Waals surface area contributed by atoms with Gasteiger partial charge in [0.2, 0.25) is 0 Å². The number of hydrogen-bond donors (Lipinski definition) is 1. The summed E-state index contributed by atoms with van der Waals surface area (Å²) in [6, 6.07) is 2.59. The van der Waals surface area contributed by atoms with Crippen molar-refractivity contribution in [2.45, 2.75) is 27.3 Å². The summed E-state index contributed by atoms with van der Waals surface area (Å²) < 4.78 is 0. The number of halogens is 2. The van der Waals surface area contributed by atoms with Crippen LogP contribution in [0.1, 0.15) is 26.3 Å². The van der Waals surface area contributed by atoms with E-state index in [0.717, 1.165) is 0 Å². The summed E-state index contributed by atoms with van der Waals surface area (Å²) >= 11 is 11.7. The van der Waals surface area contributed by atoms with Gasteiger partial charge in [0.15, 0.2) is 0 Å². The van der Waals surface area contributed by atoms with Crippen LogP contribution >= 0.6 is 23.2 Å². The van der Waals surface area contributed by atoms with Crippen LogP contribution in [0, 0.1) is 15.5 Å². The second kappa shape index (κ2) is 6.39. The minimum atomic E-state index is -0.683. The molecule has 0 aliphatic carbocycles. The second-order valence-corrected chi connectivity index (χ2v) is 5.86. The summed E-state index contributed by atoms with van der Waals surface area (Å²) in [5.41, 5.74) is 1.65. The van der Waals surface area contributed by atoms with Crippen LogP contribution in [0.5, 0.6) is 0 Å². The SMILES string of the molecule is CC(C)(C)C(=O)ONCc1c([N+](=O)[O-])ccc(Cl)c1Cl. The van der Waals surface area contributed by atoms with Crippen molar-refractivity contribution in [2.24, 2.45) is 5.41 Å². The van der Waals surface area contributed by atoms with Gasteiger partial charge in [-0.1, -0.05) is 23.2 Å². The van der Waals surface area contributed by atoms with Crippen molar-refractivity contribution < 1.29 is 14.6 Å². The van der Waals surface area contributed by atoms with E-state index in [9.17, 15) is 14.9 Å². The van der Waals surface area contributed by atoms with E-state index in [2.05, 4.69) is 5.48 Å². The molecule has 110 valence electrons. The topological polar surface area (TPSA) is 81.5 Å². The number of nitro benzene ring substituents is 1. The molecular weight excluding hydrogens is 307 g/mol. The lowest BCUT2D eigenvalue weighted by Gasteiger charge is -2.16. The minimum Gasteiger partial charge on any atom is -0.370 e. The molecule has 0 aliphatic rings. The van der Waals surface area contributed by atoms with Crippen LogP contribution in [0.4, 0.5) is 5.69 Å². The zero-order valence-electron chi connectivity index (χ0n) is 11.2. The van der Waals surface area contributed by atoms with E-state index < -0.39 is 16.3 Å². The molecule has 1 N–H and O–H groups in total. The third kappa shape index (κ3) is 4.06. The molecule has 8 heteroatoms. The first-order chi connectivity index (χ1) is 9.14. The molecule has 0 aliphatic heterocycles. The molecular formula is C12H14Cl2N2O4. The fourth-order valence-electron chi connectivity index (χ4n) is 1.25. The van der Waals surface area contributed by atoms with Gasteiger partial charge in [0.05, 0.1) is 32.5 Å². The van der Waals surface area contributed by atoms with Crippen LogP contribution in [0.3, 0.4) is 0 Å². The minimum absolute atomic E-state index is 0.0557. The van der Waals surface area contributed by atoms with Crippen molar-refractivity contribution in [3.63, 3.8) is 0 Å². The lowest BCUT2D eigenvalue weighted by Crippen LogP contribution is -2.29. The van der Waals surface area contributed by atoms with Crippen molar-refractivity contribution in [1.29, 1.82) is 0 Å². The zero-order valence-corrected chi connectivity index (χ0v) is 12.7. The Morgan fingerprint density at radius 1 is 1.40 bits per heavy atom. The van der Waals surface area contributed by atoms with Gasteiger partial charge >= 0.3 is 5.97 Å². The number of nitro groups is 1. The average molecular weight is 321 g/mol. The highest BCUT2D eigenvalue weighted by Crippen LogP contribution is 2.32. The highest BCUT2D eigenvalue weighted by molar-refractivity contribution is 6.42. The molecule has 0 radical (unpaired) electrons. The fourth-order valence-corrected chi connectivity index (χ4v) is 1.65. The predicted octanol–water partition coefficient (Wildman–Crippen LogP) is 3.50. The third-order valence-corrected chi connectivity index (χ3v) is 3.24. The van der Waals surface area contributed by atoms with E-state index in [1.54, 1.807) is 20.8 Å². The molecule has 0 spiro atoms. The van der Waals surface area contributed by atoms with Crippen LogP contribution in [-0.2, 0) is 16.2 Å². The summed E-state index contributed by atoms with van der Waals surface area (Å²) in [6.07, 6.45) is 0. The molecule has 1 aromatic carbocycles. The van der Waals surface area contributed by atoms with Gasteiger partial charge in [-0.15, -0.1) is 5.48 Å². The molecule has 0 unspecified atom stereocenters. The summed E-state index contributed by atoms with van der Waals surface area (Å²) in [5.74, 6) is -0.488. The molecule has 20 heavy (non-hydrogen) atoms. The lowest BCUT2D eigenvalue weighted by molar-refractivity contribution is -0.385. The summed E-state index contributed by atoms with van der Waals surface area (Å²) in [4.78, 5) is 26.7. The molecule has 1 rings (SSSR count). The van der Waals surface area contributed by atoms with Crippen LogP contribution in [0.2, 0.25) is 10.0 Å². The average Bonchev–Trinajstić information content (AvgIpc) is 2.32. The van der Waals surface area contributed by atoms with Crippen LogP contribution in [-0.4, -0.2) is 10.9 Å². The highest BCUT2D eigenvalue weighted by atomic mass is 35.5. The van der Waals surface area contributed by atoms with Crippen LogP contribution in [0.15, 0.2) is 12.1 Å². The van der Waals surface area contributed by atoms with E-state index in [1.807, 2.05) is 0 Å². The normalized spacial score (nSPS) is 11.2. The number of nitrogens with zero attached hydrogens (tertiary/aromatic N) is 1. The Morgan fingerprint density at radius 2 is 2.00 bits per heavy atom. The number of hydroxylamine groups is 1. The Hall–Kier alpha value is -1.37. The van der Waals surface area contributed by atoms with Gasteiger partial charge in [0, 0.05) is 6.07 Å². The summed E-state index contributed by atoms with van der Waals surface area (Å²) in [7, 11) is 0. The van der Waals surface area contributed by atoms with Crippen molar-refractivity contribution in [1.82, 2.24) is 5.48 Å². The Kier molecular flexibility index (Phi) is 5.33. The molecule has 0 fully saturated rings. The Labute approximate surface area is 126 Å². The zero-order chi connectivity index (χ0) is 15.5. The molecule has 0 aromatic heterocycles. The van der Waals surface area contributed by atoms with Gasteiger partial charge in [-0.3, -0.25) is 10.1 Å². The molecule has 6 nitrogen and oxygen atoms in total. The first-order valence-electron chi connectivity index (χ1n) is 5.70. The van der Waals surface area contributed by atoms with Gasteiger partial charge < -0.3 is 4.84 Å². The lowest BCUT2D eigenvalue weighted by atomic mass is 9.98. The summed E-state index contributed by atoms with van der Waals surface area (Å²) in [5, 5.41) is 11.2. The van der Waals surface area contributed by atoms with Crippen molar-refractivity contribution in [3.8, 4) is 0 Å². The Balaban J connectivity index is 2.85. The number of carbonyl (C=O) groups excluding carboxylic acids is 1. The second-order valence-electron chi connectivity index (χ2n) is 5.08. The number of benzene rings is 1. The molecule has 0 saturated carbocycles. The van der Waals surface area contributed by atoms with E-state index in [0.29, 0.717) is 0 Å². The maximum absolute atomic E-state index is 11.5. The van der Waals surface area contributed by atoms with Crippen molar-refractivity contribution in [3.05, 3.63) is 37.9 Å². The van der Waals surface area contributed by atoms with E-state index >= 15 is 0 Å². The first kappa shape index (κ1) is 16.7. The van der Waals surface area contributed by atoms with Crippen LogP contribution in [0.25, 0.3) is 0 Å². The number of carbonyl (C=O) groups is 1. The standard InChI is InChI=1S/C12H14Cl2N2O4/c1-12(2,3)11(17)20-15-6-7-9(16(18)19)5-4-8(13)10(7)14/h4-5,15H,6H2,1-3H3. The third-order valence-electron chi connectivity index (χ3n) is 2.39. The molecule has 1 aromatic rings. The van der Waals surface area contributed by atoms with Crippen molar-refractivity contribution >= 4 is 34.9 Å².